The van der Waals surface area contributed by atoms with Crippen molar-refractivity contribution in [2.45, 2.75) is 37.8 Å². The maximum atomic E-state index is 11.9. The zero-order chi connectivity index (χ0) is 12.6. The summed E-state index contributed by atoms with van der Waals surface area (Å²) in [6.45, 7) is 6.05. The zero-order valence-electron chi connectivity index (χ0n) is 10.4. The summed E-state index contributed by atoms with van der Waals surface area (Å²) >= 11 is 1.60. The fraction of sp³-hybridized carbons (Fsp3) is 0.462. The smallest absolute Gasteiger partial charge is 0.237 e. The molecule has 1 aromatic rings. The monoisotopic (exact) mass is 250 g/mol. The van der Waals surface area contributed by atoms with E-state index in [1.165, 1.54) is 0 Å². The Labute approximate surface area is 106 Å². The second-order valence-electron chi connectivity index (χ2n) is 4.66. The van der Waals surface area contributed by atoms with Crippen LogP contribution in [0.4, 0.5) is 5.69 Å². The predicted molar refractivity (Wildman–Crippen MR) is 72.4 cm³/mol. The van der Waals surface area contributed by atoms with Crippen LogP contribution in [0.25, 0.3) is 0 Å². The maximum Gasteiger partial charge on any atom is 0.237 e. The minimum Gasteiger partial charge on any atom is -0.324 e. The van der Waals surface area contributed by atoms with Crippen LogP contribution in [-0.4, -0.2) is 17.7 Å². The standard InChI is InChI=1S/C13H18N2OS/c1-8(2)15-11-5-4-10(9(3)14)6-12(11)17-7-13(15)16/h4-6,8-9H,7,14H2,1-3H3. The first kappa shape index (κ1) is 12.5. The lowest BCUT2D eigenvalue weighted by Gasteiger charge is -2.32. The van der Waals surface area contributed by atoms with Gasteiger partial charge in [-0.25, -0.2) is 0 Å². The molecule has 92 valence electrons. The van der Waals surface area contributed by atoms with E-state index in [4.69, 9.17) is 5.73 Å². The summed E-state index contributed by atoms with van der Waals surface area (Å²) in [7, 11) is 0. The van der Waals surface area contributed by atoms with Crippen LogP contribution in [-0.2, 0) is 4.79 Å². The second kappa shape index (κ2) is 4.70. The largest absolute Gasteiger partial charge is 0.324 e. The highest BCUT2D eigenvalue weighted by molar-refractivity contribution is 8.00. The predicted octanol–water partition coefficient (Wildman–Crippen LogP) is 2.55. The average molecular weight is 250 g/mol. The molecule has 2 N–H and O–H groups in total. The van der Waals surface area contributed by atoms with E-state index in [-0.39, 0.29) is 18.0 Å². The average Bonchev–Trinajstić information content (AvgIpc) is 2.27. The lowest BCUT2D eigenvalue weighted by atomic mass is 10.1. The van der Waals surface area contributed by atoms with Crippen LogP contribution >= 0.6 is 11.8 Å². The van der Waals surface area contributed by atoms with Gasteiger partial charge in [0, 0.05) is 17.0 Å². The number of rotatable bonds is 2. The first-order valence-electron chi connectivity index (χ1n) is 5.85. The Morgan fingerprint density at radius 2 is 2.06 bits per heavy atom. The minimum atomic E-state index is 0.0334. The maximum absolute atomic E-state index is 11.9. The van der Waals surface area contributed by atoms with Gasteiger partial charge in [-0.05, 0) is 38.5 Å². The number of hydrogen-bond donors (Lipinski definition) is 1. The number of fused-ring (bicyclic) bond motifs is 1. The Hall–Kier alpha value is -1.00. The summed E-state index contributed by atoms with van der Waals surface area (Å²) in [6, 6.07) is 6.36. The van der Waals surface area contributed by atoms with Crippen LogP contribution in [0.5, 0.6) is 0 Å². The summed E-state index contributed by atoms with van der Waals surface area (Å²) in [4.78, 5) is 14.9. The third kappa shape index (κ3) is 2.33. The molecule has 0 aromatic heterocycles. The van der Waals surface area contributed by atoms with E-state index in [0.29, 0.717) is 5.75 Å². The molecular weight excluding hydrogens is 232 g/mol. The molecule has 1 heterocycles. The molecule has 1 atom stereocenters. The van der Waals surface area contributed by atoms with Crippen LogP contribution in [0.1, 0.15) is 32.4 Å². The Morgan fingerprint density at radius 1 is 1.35 bits per heavy atom. The molecule has 4 heteroatoms. The number of hydrogen-bond acceptors (Lipinski definition) is 3. The third-order valence-electron chi connectivity index (χ3n) is 2.91. The van der Waals surface area contributed by atoms with Crippen molar-refractivity contribution in [3.05, 3.63) is 23.8 Å². The molecule has 0 bridgehead atoms. The van der Waals surface area contributed by atoms with E-state index in [2.05, 4.69) is 6.07 Å². The summed E-state index contributed by atoms with van der Waals surface area (Å²) in [5.41, 5.74) is 8.02. The normalized spacial score (nSPS) is 17.2. The highest BCUT2D eigenvalue weighted by Gasteiger charge is 2.26. The van der Waals surface area contributed by atoms with Crippen molar-refractivity contribution < 1.29 is 4.79 Å². The first-order valence-corrected chi connectivity index (χ1v) is 6.83. The zero-order valence-corrected chi connectivity index (χ0v) is 11.3. The van der Waals surface area contributed by atoms with Gasteiger partial charge in [0.25, 0.3) is 0 Å². The molecule has 0 saturated carbocycles. The van der Waals surface area contributed by atoms with E-state index in [1.54, 1.807) is 11.8 Å². The summed E-state index contributed by atoms with van der Waals surface area (Å²) < 4.78 is 0. The molecule has 0 fully saturated rings. The van der Waals surface area contributed by atoms with Crippen molar-refractivity contribution in [3.8, 4) is 0 Å². The van der Waals surface area contributed by atoms with Gasteiger partial charge in [-0.1, -0.05) is 6.07 Å². The fourth-order valence-electron chi connectivity index (χ4n) is 2.04. The van der Waals surface area contributed by atoms with Gasteiger partial charge in [0.2, 0.25) is 5.91 Å². The Balaban J connectivity index is 2.44. The summed E-state index contributed by atoms with van der Waals surface area (Å²) in [5, 5.41) is 0. The molecule has 0 spiro atoms. The van der Waals surface area contributed by atoms with Crippen LogP contribution in [0.2, 0.25) is 0 Å². The molecular formula is C13H18N2OS. The Kier molecular flexibility index (Phi) is 3.45. The molecule has 1 aromatic carbocycles. The van der Waals surface area contributed by atoms with E-state index < -0.39 is 0 Å². The van der Waals surface area contributed by atoms with E-state index in [0.717, 1.165) is 16.1 Å². The van der Waals surface area contributed by atoms with Crippen LogP contribution in [0, 0.1) is 0 Å². The van der Waals surface area contributed by atoms with Crippen LogP contribution in [0.3, 0.4) is 0 Å². The quantitative estimate of drug-likeness (QED) is 0.877. The number of amides is 1. The Morgan fingerprint density at radius 3 is 2.65 bits per heavy atom. The van der Waals surface area contributed by atoms with Crippen molar-refractivity contribution in [1.82, 2.24) is 0 Å². The molecule has 0 saturated heterocycles. The molecule has 17 heavy (non-hydrogen) atoms. The van der Waals surface area contributed by atoms with Crippen molar-refractivity contribution in [3.63, 3.8) is 0 Å². The molecule has 2 rings (SSSR count). The van der Waals surface area contributed by atoms with Crippen LogP contribution in [0.15, 0.2) is 23.1 Å². The fourth-order valence-corrected chi connectivity index (χ4v) is 2.99. The molecule has 3 nitrogen and oxygen atoms in total. The lowest BCUT2D eigenvalue weighted by Crippen LogP contribution is -2.40. The first-order chi connectivity index (χ1) is 8.00. The number of nitrogens with two attached hydrogens (primary N) is 1. The van der Waals surface area contributed by atoms with Gasteiger partial charge >= 0.3 is 0 Å². The lowest BCUT2D eigenvalue weighted by molar-refractivity contribution is -0.116. The van der Waals surface area contributed by atoms with Crippen molar-refractivity contribution in [2.24, 2.45) is 5.73 Å². The summed E-state index contributed by atoms with van der Waals surface area (Å²) in [6.07, 6.45) is 0. The van der Waals surface area contributed by atoms with Gasteiger partial charge in [-0.3, -0.25) is 4.79 Å². The number of thioether (sulfide) groups is 1. The van der Waals surface area contributed by atoms with Crippen LogP contribution < -0.4 is 10.6 Å². The van der Waals surface area contributed by atoms with Gasteiger partial charge in [0.15, 0.2) is 0 Å². The highest BCUT2D eigenvalue weighted by atomic mass is 32.2. The number of carbonyl (C=O) groups excluding carboxylic acids is 1. The van der Waals surface area contributed by atoms with Gasteiger partial charge in [0.1, 0.15) is 0 Å². The minimum absolute atomic E-state index is 0.0334. The van der Waals surface area contributed by atoms with Crippen molar-refractivity contribution in [2.75, 3.05) is 10.7 Å². The number of anilines is 1. The molecule has 1 aliphatic rings. The molecule has 1 amide bonds. The summed E-state index contributed by atoms with van der Waals surface area (Å²) in [5.74, 6) is 0.708. The SMILES string of the molecule is CC(N)c1ccc2c(c1)SCC(=O)N2C(C)C. The van der Waals surface area contributed by atoms with Gasteiger partial charge in [-0.15, -0.1) is 11.8 Å². The third-order valence-corrected chi connectivity index (χ3v) is 3.93. The Bertz CT molecular complexity index is 443. The molecule has 0 aliphatic carbocycles. The van der Waals surface area contributed by atoms with Crippen molar-refractivity contribution >= 4 is 23.4 Å². The van der Waals surface area contributed by atoms with Gasteiger partial charge < -0.3 is 10.6 Å². The van der Waals surface area contributed by atoms with Gasteiger partial charge in [-0.2, -0.15) is 0 Å². The number of carbonyl (C=O) groups is 1. The number of nitrogens with zero attached hydrogens (tertiary/aromatic N) is 1. The van der Waals surface area contributed by atoms with E-state index >= 15 is 0 Å². The molecule has 0 radical (unpaired) electrons. The molecule has 1 unspecified atom stereocenters. The van der Waals surface area contributed by atoms with E-state index in [1.807, 2.05) is 37.8 Å². The topological polar surface area (TPSA) is 46.3 Å². The van der Waals surface area contributed by atoms with Gasteiger partial charge in [0.05, 0.1) is 11.4 Å². The van der Waals surface area contributed by atoms with Crippen molar-refractivity contribution in [1.29, 1.82) is 0 Å². The second-order valence-corrected chi connectivity index (χ2v) is 5.68. The highest BCUT2D eigenvalue weighted by Crippen LogP contribution is 2.37. The molecule has 1 aliphatic heterocycles. The van der Waals surface area contributed by atoms with E-state index in [9.17, 15) is 4.79 Å². The number of benzene rings is 1.